The van der Waals surface area contributed by atoms with Crippen LogP contribution >= 0.6 is 0 Å². The number of urea groups is 1. The van der Waals surface area contributed by atoms with Crippen molar-refractivity contribution in [2.24, 2.45) is 0 Å². The third-order valence-corrected chi connectivity index (χ3v) is 4.97. The maximum Gasteiger partial charge on any atom is 0.325 e. The van der Waals surface area contributed by atoms with Crippen molar-refractivity contribution in [3.8, 4) is 0 Å². The second kappa shape index (κ2) is 7.85. The van der Waals surface area contributed by atoms with Crippen molar-refractivity contribution in [2.45, 2.75) is 25.1 Å². The van der Waals surface area contributed by atoms with Crippen LogP contribution in [0, 0.1) is 0 Å². The van der Waals surface area contributed by atoms with Crippen LogP contribution in [0.3, 0.4) is 0 Å². The number of ether oxygens (including phenoxy) is 1. The zero-order valence-electron chi connectivity index (χ0n) is 15.2. The SMILES string of the molecule is O=C(C[C@H]1NC(=O)N(Cc2ccco2)C1=O)N1CCO[C@@H](c2ccccc2)C1. The highest BCUT2D eigenvalue weighted by Crippen LogP contribution is 2.23. The van der Waals surface area contributed by atoms with E-state index in [1.807, 2.05) is 30.3 Å². The van der Waals surface area contributed by atoms with Gasteiger partial charge >= 0.3 is 6.03 Å². The van der Waals surface area contributed by atoms with E-state index in [-0.39, 0.29) is 25.0 Å². The number of amides is 4. The minimum atomic E-state index is -0.854. The Balaban J connectivity index is 1.36. The first-order chi connectivity index (χ1) is 13.6. The molecule has 28 heavy (non-hydrogen) atoms. The molecular weight excluding hydrogens is 362 g/mol. The van der Waals surface area contributed by atoms with E-state index >= 15 is 0 Å². The van der Waals surface area contributed by atoms with Gasteiger partial charge < -0.3 is 19.4 Å². The van der Waals surface area contributed by atoms with Gasteiger partial charge in [-0.05, 0) is 17.7 Å². The number of furan rings is 1. The van der Waals surface area contributed by atoms with Gasteiger partial charge in [-0.25, -0.2) is 4.79 Å². The summed E-state index contributed by atoms with van der Waals surface area (Å²) in [5.41, 5.74) is 1.01. The second-order valence-corrected chi connectivity index (χ2v) is 6.82. The van der Waals surface area contributed by atoms with E-state index in [0.29, 0.717) is 25.5 Å². The fourth-order valence-corrected chi connectivity index (χ4v) is 3.47. The molecule has 0 aliphatic carbocycles. The van der Waals surface area contributed by atoms with Crippen molar-refractivity contribution in [2.75, 3.05) is 19.7 Å². The lowest BCUT2D eigenvalue weighted by Gasteiger charge is -2.33. The van der Waals surface area contributed by atoms with Crippen LogP contribution in [0.1, 0.15) is 23.8 Å². The number of morpholine rings is 1. The second-order valence-electron chi connectivity index (χ2n) is 6.82. The summed E-state index contributed by atoms with van der Waals surface area (Å²) in [6.45, 7) is 1.37. The van der Waals surface area contributed by atoms with Gasteiger partial charge in [-0.3, -0.25) is 14.5 Å². The predicted octanol–water partition coefficient (Wildman–Crippen LogP) is 1.69. The number of carbonyl (C=O) groups is 3. The Labute approximate surface area is 162 Å². The largest absolute Gasteiger partial charge is 0.467 e. The molecule has 2 atom stereocenters. The maximum absolute atomic E-state index is 12.7. The molecule has 0 radical (unpaired) electrons. The van der Waals surface area contributed by atoms with Gasteiger partial charge in [-0.2, -0.15) is 0 Å². The summed E-state index contributed by atoms with van der Waals surface area (Å²) < 4.78 is 11.0. The highest BCUT2D eigenvalue weighted by Gasteiger charge is 2.40. The van der Waals surface area contributed by atoms with Gasteiger partial charge in [0.25, 0.3) is 5.91 Å². The van der Waals surface area contributed by atoms with Crippen molar-refractivity contribution < 1.29 is 23.5 Å². The fourth-order valence-electron chi connectivity index (χ4n) is 3.47. The lowest BCUT2D eigenvalue weighted by atomic mass is 10.1. The van der Waals surface area contributed by atoms with Crippen LogP contribution in [0.4, 0.5) is 4.79 Å². The molecule has 1 aromatic carbocycles. The fraction of sp³-hybridized carbons (Fsp3) is 0.350. The first-order valence-electron chi connectivity index (χ1n) is 9.20. The van der Waals surface area contributed by atoms with E-state index < -0.39 is 18.0 Å². The molecule has 2 fully saturated rings. The summed E-state index contributed by atoms with van der Waals surface area (Å²) in [7, 11) is 0. The van der Waals surface area contributed by atoms with E-state index in [0.717, 1.165) is 10.5 Å². The lowest BCUT2D eigenvalue weighted by molar-refractivity contribution is -0.141. The number of imide groups is 1. The summed E-state index contributed by atoms with van der Waals surface area (Å²) in [5, 5.41) is 2.60. The molecule has 2 aliphatic rings. The molecule has 8 heteroatoms. The summed E-state index contributed by atoms with van der Waals surface area (Å²) in [6, 6.07) is 11.7. The zero-order valence-corrected chi connectivity index (χ0v) is 15.2. The Hall–Kier alpha value is -3.13. The smallest absolute Gasteiger partial charge is 0.325 e. The van der Waals surface area contributed by atoms with E-state index in [4.69, 9.17) is 9.15 Å². The Morgan fingerprint density at radius 3 is 2.71 bits per heavy atom. The highest BCUT2D eigenvalue weighted by molar-refractivity contribution is 6.05. The number of benzene rings is 1. The van der Waals surface area contributed by atoms with Gasteiger partial charge in [0.15, 0.2) is 0 Å². The Morgan fingerprint density at radius 2 is 1.96 bits per heavy atom. The average Bonchev–Trinajstić information content (AvgIpc) is 3.33. The van der Waals surface area contributed by atoms with Crippen LogP contribution in [0.2, 0.25) is 0 Å². The quantitative estimate of drug-likeness (QED) is 0.794. The molecule has 2 aliphatic heterocycles. The normalized spacial score (nSPS) is 22.4. The molecule has 2 saturated heterocycles. The topological polar surface area (TPSA) is 92.1 Å². The van der Waals surface area contributed by atoms with Crippen LogP contribution in [-0.4, -0.2) is 53.4 Å². The Bertz CT molecular complexity index is 852. The Kier molecular flexibility index (Phi) is 5.12. The number of carbonyl (C=O) groups excluding carboxylic acids is 3. The number of nitrogens with one attached hydrogen (secondary N) is 1. The van der Waals surface area contributed by atoms with Gasteiger partial charge in [0.1, 0.15) is 17.9 Å². The molecule has 3 heterocycles. The third-order valence-electron chi connectivity index (χ3n) is 4.97. The van der Waals surface area contributed by atoms with Crippen molar-refractivity contribution in [1.82, 2.24) is 15.1 Å². The van der Waals surface area contributed by atoms with E-state index in [1.165, 1.54) is 6.26 Å². The standard InChI is InChI=1S/C20H21N3O5/c24-18(22-8-10-28-17(13-22)14-5-2-1-3-6-14)11-16-19(25)23(20(26)21-16)12-15-7-4-9-27-15/h1-7,9,16-17H,8,10-13H2,(H,21,26)/t16-,17-/m1/s1. The van der Waals surface area contributed by atoms with Crippen LogP contribution < -0.4 is 5.32 Å². The lowest BCUT2D eigenvalue weighted by Crippen LogP contribution is -2.45. The number of hydrogen-bond acceptors (Lipinski definition) is 5. The molecule has 0 bridgehead atoms. The van der Waals surface area contributed by atoms with Gasteiger partial charge in [-0.15, -0.1) is 0 Å². The van der Waals surface area contributed by atoms with Crippen LogP contribution in [0.25, 0.3) is 0 Å². The Morgan fingerprint density at radius 1 is 1.14 bits per heavy atom. The van der Waals surface area contributed by atoms with E-state index in [2.05, 4.69) is 5.32 Å². The van der Waals surface area contributed by atoms with Crippen LogP contribution in [0.15, 0.2) is 53.1 Å². The molecule has 146 valence electrons. The molecule has 0 spiro atoms. The van der Waals surface area contributed by atoms with Crippen molar-refractivity contribution in [1.29, 1.82) is 0 Å². The van der Waals surface area contributed by atoms with Crippen LogP contribution in [-0.2, 0) is 20.9 Å². The van der Waals surface area contributed by atoms with E-state index in [9.17, 15) is 14.4 Å². The molecule has 0 unspecified atom stereocenters. The van der Waals surface area contributed by atoms with Gasteiger partial charge in [0.05, 0.1) is 32.4 Å². The van der Waals surface area contributed by atoms with Gasteiger partial charge in [-0.1, -0.05) is 30.3 Å². The predicted molar refractivity (Wildman–Crippen MR) is 97.9 cm³/mol. The minimum absolute atomic E-state index is 0.0516. The summed E-state index contributed by atoms with van der Waals surface area (Å²) in [6.07, 6.45) is 1.22. The van der Waals surface area contributed by atoms with Crippen molar-refractivity contribution in [3.05, 3.63) is 60.1 Å². The molecule has 4 rings (SSSR count). The highest BCUT2D eigenvalue weighted by atomic mass is 16.5. The summed E-state index contributed by atoms with van der Waals surface area (Å²) in [4.78, 5) is 40.2. The van der Waals surface area contributed by atoms with Crippen molar-refractivity contribution in [3.63, 3.8) is 0 Å². The molecule has 2 aromatic rings. The van der Waals surface area contributed by atoms with Gasteiger partial charge in [0.2, 0.25) is 5.91 Å². The molecule has 8 nitrogen and oxygen atoms in total. The summed E-state index contributed by atoms with van der Waals surface area (Å²) >= 11 is 0. The maximum atomic E-state index is 12.7. The monoisotopic (exact) mass is 383 g/mol. The number of nitrogens with zero attached hydrogens (tertiary/aromatic N) is 2. The average molecular weight is 383 g/mol. The molecule has 4 amide bonds. The third kappa shape index (κ3) is 3.77. The minimum Gasteiger partial charge on any atom is -0.467 e. The van der Waals surface area contributed by atoms with Crippen LogP contribution in [0.5, 0.6) is 0 Å². The number of hydrogen-bond donors (Lipinski definition) is 1. The summed E-state index contributed by atoms with van der Waals surface area (Å²) in [5.74, 6) is -0.0836. The molecule has 1 aromatic heterocycles. The number of rotatable bonds is 5. The van der Waals surface area contributed by atoms with E-state index in [1.54, 1.807) is 17.0 Å². The zero-order chi connectivity index (χ0) is 19.5. The van der Waals surface area contributed by atoms with Gasteiger partial charge in [0, 0.05) is 6.54 Å². The molecule has 0 saturated carbocycles. The molecule has 1 N–H and O–H groups in total. The molecular formula is C20H21N3O5. The first kappa shape index (κ1) is 18.2. The first-order valence-corrected chi connectivity index (χ1v) is 9.20. The van der Waals surface area contributed by atoms with Crippen molar-refractivity contribution >= 4 is 17.8 Å².